The molecule has 2 aliphatic carbocycles. The zero-order chi connectivity index (χ0) is 18.2. The van der Waals surface area contributed by atoms with Crippen LogP contribution in [0.2, 0.25) is 0 Å². The zero-order valence-electron chi connectivity index (χ0n) is 16.3. The molecule has 0 spiro atoms. The van der Waals surface area contributed by atoms with E-state index < -0.39 is 0 Å². The lowest BCUT2D eigenvalue weighted by molar-refractivity contribution is 0.102. The first-order valence-electron chi connectivity index (χ1n) is 11.1. The first-order chi connectivity index (χ1) is 12.7. The number of hydrogen-bond acceptors (Lipinski definition) is 0. The van der Waals surface area contributed by atoms with Gasteiger partial charge < -0.3 is 0 Å². The largest absolute Gasteiger partial charge is 0.0765 e. The van der Waals surface area contributed by atoms with Gasteiger partial charge in [0.2, 0.25) is 0 Å². The molecule has 0 radical (unpaired) electrons. The third kappa shape index (κ3) is 5.16. The Morgan fingerprint density at radius 2 is 1.35 bits per heavy atom. The Hall–Kier alpha value is 0.180. The maximum absolute atomic E-state index is 3.85. The number of hydrogen-bond donors (Lipinski definition) is 0. The standard InChI is InChI=1S/C24H36Br2/c25-23(26)19-22-17-9-4-5-12-18-24(22,21-15-10-6-11-16-21)20-13-7-2-1-3-8-14-20/h6,10-11,15-16,20,22-23H,1-5,7-9,12-14,17-19H2. The quantitative estimate of drug-likeness (QED) is 0.375. The Kier molecular flexibility index (Phi) is 8.56. The van der Waals surface area contributed by atoms with Gasteiger partial charge in [-0.25, -0.2) is 0 Å². The molecular weight excluding hydrogens is 448 g/mol. The van der Waals surface area contributed by atoms with Crippen molar-refractivity contribution in [2.75, 3.05) is 0 Å². The average Bonchev–Trinajstić information content (AvgIpc) is 2.59. The van der Waals surface area contributed by atoms with Gasteiger partial charge in [-0.1, -0.05) is 120 Å². The fourth-order valence-corrected chi connectivity index (χ4v) is 6.94. The van der Waals surface area contributed by atoms with E-state index >= 15 is 0 Å². The topological polar surface area (TPSA) is 0 Å². The minimum atomic E-state index is 0.388. The van der Waals surface area contributed by atoms with E-state index in [0.717, 1.165) is 11.8 Å². The summed E-state index contributed by atoms with van der Waals surface area (Å²) in [5.74, 6) is 1.66. The maximum Gasteiger partial charge on any atom is 0.0700 e. The van der Waals surface area contributed by atoms with Gasteiger partial charge in [0.15, 0.2) is 0 Å². The predicted octanol–water partition coefficient (Wildman–Crippen LogP) is 8.76. The number of rotatable bonds is 4. The van der Waals surface area contributed by atoms with Crippen molar-refractivity contribution in [2.24, 2.45) is 11.8 Å². The fourth-order valence-electron chi connectivity index (χ4n) is 6.04. The molecular formula is C24H36Br2. The van der Waals surface area contributed by atoms with Crippen LogP contribution in [0.25, 0.3) is 0 Å². The second-order valence-electron chi connectivity index (χ2n) is 8.73. The first kappa shape index (κ1) is 20.9. The Balaban J connectivity index is 2.02. The molecule has 2 aliphatic rings. The van der Waals surface area contributed by atoms with Gasteiger partial charge >= 0.3 is 0 Å². The number of alkyl halides is 2. The van der Waals surface area contributed by atoms with E-state index in [4.69, 9.17) is 0 Å². The minimum absolute atomic E-state index is 0.388. The normalized spacial score (nSPS) is 29.6. The highest BCUT2D eigenvalue weighted by Crippen LogP contribution is 2.53. The maximum atomic E-state index is 3.85. The van der Waals surface area contributed by atoms with Gasteiger partial charge in [-0.05, 0) is 49.5 Å². The van der Waals surface area contributed by atoms with E-state index in [1.54, 1.807) is 5.56 Å². The summed E-state index contributed by atoms with van der Waals surface area (Å²) in [5, 5.41) is 0. The molecule has 2 unspecified atom stereocenters. The second-order valence-corrected chi connectivity index (χ2v) is 12.2. The van der Waals surface area contributed by atoms with Gasteiger partial charge in [-0.3, -0.25) is 0 Å². The van der Waals surface area contributed by atoms with Crippen LogP contribution in [0.5, 0.6) is 0 Å². The van der Waals surface area contributed by atoms with Crippen LogP contribution in [-0.4, -0.2) is 3.74 Å². The highest BCUT2D eigenvalue weighted by atomic mass is 79.9. The summed E-state index contributed by atoms with van der Waals surface area (Å²) < 4.78 is 0.441. The zero-order valence-corrected chi connectivity index (χ0v) is 19.4. The van der Waals surface area contributed by atoms with Crippen LogP contribution in [-0.2, 0) is 5.41 Å². The average molecular weight is 484 g/mol. The lowest BCUT2D eigenvalue weighted by atomic mass is 9.55. The molecule has 3 rings (SSSR count). The summed E-state index contributed by atoms with van der Waals surface area (Å²) >= 11 is 7.70. The summed E-state index contributed by atoms with van der Waals surface area (Å²) in [6, 6.07) is 11.7. The molecule has 1 aromatic rings. The van der Waals surface area contributed by atoms with Gasteiger partial charge in [0.25, 0.3) is 0 Å². The lowest BCUT2D eigenvalue weighted by Crippen LogP contribution is -2.44. The van der Waals surface area contributed by atoms with Gasteiger partial charge in [0.05, 0.1) is 3.74 Å². The highest BCUT2D eigenvalue weighted by molar-refractivity contribution is 9.24. The molecule has 2 atom stereocenters. The molecule has 1 aromatic carbocycles. The Morgan fingerprint density at radius 3 is 2.00 bits per heavy atom. The van der Waals surface area contributed by atoms with Crippen molar-refractivity contribution in [2.45, 2.75) is 99.0 Å². The molecule has 2 heteroatoms. The first-order valence-corrected chi connectivity index (χ1v) is 12.9. The monoisotopic (exact) mass is 482 g/mol. The van der Waals surface area contributed by atoms with Gasteiger partial charge in [0, 0.05) is 5.41 Å². The molecule has 2 saturated carbocycles. The molecule has 2 fully saturated rings. The van der Waals surface area contributed by atoms with E-state index in [2.05, 4.69) is 62.2 Å². The van der Waals surface area contributed by atoms with E-state index in [1.807, 2.05) is 0 Å². The van der Waals surface area contributed by atoms with Crippen LogP contribution < -0.4 is 0 Å². The summed E-state index contributed by atoms with van der Waals surface area (Å²) in [4.78, 5) is 0. The van der Waals surface area contributed by atoms with Crippen LogP contribution in [0.4, 0.5) is 0 Å². The molecule has 146 valence electrons. The van der Waals surface area contributed by atoms with E-state index in [-0.39, 0.29) is 0 Å². The van der Waals surface area contributed by atoms with Gasteiger partial charge in [0.1, 0.15) is 0 Å². The number of halogens is 2. The molecule has 0 amide bonds. The molecule has 0 bridgehead atoms. The molecule has 0 nitrogen and oxygen atoms in total. The van der Waals surface area contributed by atoms with E-state index in [1.165, 1.54) is 89.9 Å². The Morgan fingerprint density at radius 1 is 0.769 bits per heavy atom. The van der Waals surface area contributed by atoms with Crippen LogP contribution in [0.3, 0.4) is 0 Å². The second kappa shape index (κ2) is 10.6. The van der Waals surface area contributed by atoms with Crippen molar-refractivity contribution in [3.05, 3.63) is 35.9 Å². The molecule has 0 aliphatic heterocycles. The molecule has 0 saturated heterocycles. The smallest absolute Gasteiger partial charge is 0.0700 e. The predicted molar refractivity (Wildman–Crippen MR) is 121 cm³/mol. The molecule has 0 heterocycles. The van der Waals surface area contributed by atoms with Crippen LogP contribution in [0.15, 0.2) is 30.3 Å². The SMILES string of the molecule is BrC(Br)CC1CCCCCCC1(c1ccccc1)C1CCCCCCC1. The van der Waals surface area contributed by atoms with Gasteiger partial charge in [-0.15, -0.1) is 0 Å². The summed E-state index contributed by atoms with van der Waals surface area (Å²) in [6.07, 6.45) is 19.9. The Labute approximate surface area is 178 Å². The highest BCUT2D eigenvalue weighted by Gasteiger charge is 2.46. The van der Waals surface area contributed by atoms with Crippen LogP contribution in [0.1, 0.15) is 95.5 Å². The summed E-state index contributed by atoms with van der Waals surface area (Å²) in [5.41, 5.74) is 2.04. The Bertz CT molecular complexity index is 504. The summed E-state index contributed by atoms with van der Waals surface area (Å²) in [6.45, 7) is 0. The molecule has 0 N–H and O–H groups in total. The van der Waals surface area contributed by atoms with Crippen LogP contribution in [0, 0.1) is 11.8 Å². The minimum Gasteiger partial charge on any atom is -0.0765 e. The molecule has 0 aromatic heterocycles. The van der Waals surface area contributed by atoms with Gasteiger partial charge in [-0.2, -0.15) is 0 Å². The van der Waals surface area contributed by atoms with Crippen LogP contribution >= 0.6 is 31.9 Å². The fraction of sp³-hybridized carbons (Fsp3) is 0.750. The van der Waals surface area contributed by atoms with Crippen molar-refractivity contribution < 1.29 is 0 Å². The van der Waals surface area contributed by atoms with Crippen molar-refractivity contribution in [1.29, 1.82) is 0 Å². The summed E-state index contributed by atoms with van der Waals surface area (Å²) in [7, 11) is 0. The van der Waals surface area contributed by atoms with E-state index in [9.17, 15) is 0 Å². The van der Waals surface area contributed by atoms with Crippen molar-refractivity contribution in [1.82, 2.24) is 0 Å². The number of benzene rings is 1. The third-order valence-corrected chi connectivity index (χ3v) is 7.98. The lowest BCUT2D eigenvalue weighted by Gasteiger charge is -2.50. The van der Waals surface area contributed by atoms with Crippen molar-refractivity contribution in [3.8, 4) is 0 Å². The van der Waals surface area contributed by atoms with Crippen molar-refractivity contribution >= 4 is 31.9 Å². The third-order valence-electron chi connectivity index (χ3n) is 7.23. The van der Waals surface area contributed by atoms with E-state index in [0.29, 0.717) is 9.15 Å². The molecule has 26 heavy (non-hydrogen) atoms. The van der Waals surface area contributed by atoms with Crippen molar-refractivity contribution in [3.63, 3.8) is 0 Å².